The number of fused-ring (bicyclic) bond motifs is 3. The molecule has 0 atom stereocenters. The van der Waals surface area contributed by atoms with E-state index >= 15 is 0 Å². The molecule has 0 bridgehead atoms. The third kappa shape index (κ3) is 1.64. The molecule has 2 aromatic carbocycles. The minimum atomic E-state index is 0.415. The van der Waals surface area contributed by atoms with Crippen LogP contribution in [0.4, 0.5) is 0 Å². The molecular formula is C16H16OS. The van der Waals surface area contributed by atoms with Crippen LogP contribution in [0.5, 0.6) is 0 Å². The van der Waals surface area contributed by atoms with Crippen LogP contribution in [0.2, 0.25) is 0 Å². The Morgan fingerprint density at radius 3 is 2.50 bits per heavy atom. The van der Waals surface area contributed by atoms with E-state index in [1.807, 2.05) is 0 Å². The van der Waals surface area contributed by atoms with Gasteiger partial charge in [0.05, 0.1) is 4.90 Å². The lowest BCUT2D eigenvalue weighted by molar-refractivity contribution is 0.512. The average molecular weight is 256 g/mol. The number of furan rings is 1. The number of hydrogen-bond acceptors (Lipinski definition) is 2. The summed E-state index contributed by atoms with van der Waals surface area (Å²) in [5, 5.41) is 3.68. The highest BCUT2D eigenvalue weighted by atomic mass is 32.2. The van der Waals surface area contributed by atoms with E-state index in [9.17, 15) is 0 Å². The molecule has 0 spiro atoms. The van der Waals surface area contributed by atoms with Crippen molar-refractivity contribution in [2.24, 2.45) is 0 Å². The highest BCUT2D eigenvalue weighted by molar-refractivity contribution is 7.98. The fourth-order valence-electron chi connectivity index (χ4n) is 2.41. The van der Waals surface area contributed by atoms with Crippen LogP contribution >= 0.6 is 11.8 Å². The molecule has 1 nitrogen and oxygen atoms in total. The van der Waals surface area contributed by atoms with Crippen molar-refractivity contribution in [3.8, 4) is 0 Å². The second-order valence-electron chi connectivity index (χ2n) is 4.82. The van der Waals surface area contributed by atoms with Gasteiger partial charge in [-0.25, -0.2) is 0 Å². The van der Waals surface area contributed by atoms with Crippen molar-refractivity contribution < 1.29 is 4.42 Å². The summed E-state index contributed by atoms with van der Waals surface area (Å²) in [6.45, 7) is 4.36. The first-order valence-corrected chi connectivity index (χ1v) is 7.43. The van der Waals surface area contributed by atoms with Crippen molar-refractivity contribution in [1.29, 1.82) is 0 Å². The van der Waals surface area contributed by atoms with Gasteiger partial charge in [0.15, 0.2) is 0 Å². The number of benzene rings is 2. The van der Waals surface area contributed by atoms with Gasteiger partial charge in [0.25, 0.3) is 0 Å². The summed E-state index contributed by atoms with van der Waals surface area (Å²) >= 11 is 1.77. The molecule has 3 rings (SSSR count). The van der Waals surface area contributed by atoms with E-state index in [4.69, 9.17) is 4.42 Å². The predicted molar refractivity (Wildman–Crippen MR) is 79.6 cm³/mol. The topological polar surface area (TPSA) is 13.1 Å². The summed E-state index contributed by atoms with van der Waals surface area (Å²) in [6, 6.07) is 12.8. The molecule has 0 aliphatic heterocycles. The Bertz CT molecular complexity index is 710. The van der Waals surface area contributed by atoms with E-state index in [1.165, 1.54) is 21.1 Å². The molecule has 0 N–H and O–H groups in total. The number of hydrogen-bond donors (Lipinski definition) is 0. The molecule has 0 amide bonds. The summed E-state index contributed by atoms with van der Waals surface area (Å²) in [7, 11) is 0. The molecule has 0 aliphatic rings. The molecule has 0 aliphatic carbocycles. The van der Waals surface area contributed by atoms with Crippen LogP contribution in [0.1, 0.15) is 25.5 Å². The molecule has 0 saturated heterocycles. The van der Waals surface area contributed by atoms with Crippen LogP contribution in [-0.4, -0.2) is 6.26 Å². The minimum absolute atomic E-state index is 0.415. The maximum Gasteiger partial charge on any atom is 0.143 e. The lowest BCUT2D eigenvalue weighted by Crippen LogP contribution is -1.84. The Kier molecular flexibility index (Phi) is 2.83. The molecule has 1 aromatic heterocycles. The van der Waals surface area contributed by atoms with Gasteiger partial charge in [-0.3, -0.25) is 0 Å². The average Bonchev–Trinajstić information content (AvgIpc) is 2.77. The molecule has 2 heteroatoms. The second-order valence-corrected chi connectivity index (χ2v) is 5.63. The van der Waals surface area contributed by atoms with Crippen molar-refractivity contribution in [3.05, 3.63) is 42.2 Å². The molecule has 3 aromatic rings. The molecule has 0 saturated carbocycles. The Labute approximate surface area is 111 Å². The quantitative estimate of drug-likeness (QED) is 0.567. The van der Waals surface area contributed by atoms with Gasteiger partial charge in [-0.2, -0.15) is 0 Å². The Morgan fingerprint density at radius 2 is 1.78 bits per heavy atom. The highest BCUT2D eigenvalue weighted by Gasteiger charge is 2.17. The first kappa shape index (κ1) is 11.7. The monoisotopic (exact) mass is 256 g/mol. The van der Waals surface area contributed by atoms with Gasteiger partial charge in [0, 0.05) is 16.7 Å². The third-order valence-corrected chi connectivity index (χ3v) is 4.12. The van der Waals surface area contributed by atoms with Crippen LogP contribution in [0.25, 0.3) is 21.7 Å². The van der Waals surface area contributed by atoms with Crippen LogP contribution in [0.15, 0.2) is 45.7 Å². The summed E-state index contributed by atoms with van der Waals surface area (Å²) < 4.78 is 6.14. The molecule has 0 fully saturated rings. The SMILES string of the molecule is CSc1c(C(C)C)oc2c1ccc1ccccc12. The van der Waals surface area contributed by atoms with E-state index in [1.54, 1.807) is 11.8 Å². The summed E-state index contributed by atoms with van der Waals surface area (Å²) in [4.78, 5) is 1.28. The van der Waals surface area contributed by atoms with Crippen molar-refractivity contribution in [1.82, 2.24) is 0 Å². The second kappa shape index (κ2) is 4.36. The molecule has 1 heterocycles. The van der Waals surface area contributed by atoms with E-state index in [2.05, 4.69) is 56.5 Å². The smallest absolute Gasteiger partial charge is 0.143 e. The van der Waals surface area contributed by atoms with Crippen LogP contribution in [0.3, 0.4) is 0 Å². The lowest BCUT2D eigenvalue weighted by Gasteiger charge is -2.01. The van der Waals surface area contributed by atoms with E-state index < -0.39 is 0 Å². The van der Waals surface area contributed by atoms with E-state index in [-0.39, 0.29) is 0 Å². The van der Waals surface area contributed by atoms with Crippen LogP contribution < -0.4 is 0 Å². The van der Waals surface area contributed by atoms with Crippen molar-refractivity contribution >= 4 is 33.5 Å². The zero-order valence-electron chi connectivity index (χ0n) is 10.9. The van der Waals surface area contributed by atoms with Gasteiger partial charge in [-0.15, -0.1) is 11.8 Å². The first-order chi connectivity index (χ1) is 8.72. The maximum atomic E-state index is 6.14. The van der Waals surface area contributed by atoms with E-state index in [0.717, 1.165) is 11.3 Å². The number of thioether (sulfide) groups is 1. The Hall–Kier alpha value is -1.41. The Balaban J connectivity index is 2.45. The molecule has 0 unspecified atom stereocenters. The number of rotatable bonds is 2. The van der Waals surface area contributed by atoms with Gasteiger partial charge in [0.1, 0.15) is 11.3 Å². The van der Waals surface area contributed by atoms with Gasteiger partial charge >= 0.3 is 0 Å². The maximum absolute atomic E-state index is 6.14. The fraction of sp³-hybridized carbons (Fsp3) is 0.250. The van der Waals surface area contributed by atoms with Gasteiger partial charge < -0.3 is 4.42 Å². The van der Waals surface area contributed by atoms with Crippen molar-refractivity contribution in [2.75, 3.05) is 6.26 Å². The third-order valence-electron chi connectivity index (χ3n) is 3.29. The zero-order valence-corrected chi connectivity index (χ0v) is 11.7. The Morgan fingerprint density at radius 1 is 1.00 bits per heavy atom. The van der Waals surface area contributed by atoms with Crippen molar-refractivity contribution in [3.63, 3.8) is 0 Å². The highest BCUT2D eigenvalue weighted by Crippen LogP contribution is 2.39. The normalized spacial score (nSPS) is 11.8. The summed E-state index contributed by atoms with van der Waals surface area (Å²) in [5.41, 5.74) is 1.03. The predicted octanol–water partition coefficient (Wildman–Crippen LogP) is 5.43. The molecular weight excluding hydrogens is 240 g/mol. The first-order valence-electron chi connectivity index (χ1n) is 6.20. The van der Waals surface area contributed by atoms with E-state index in [0.29, 0.717) is 5.92 Å². The van der Waals surface area contributed by atoms with Crippen LogP contribution in [0, 0.1) is 0 Å². The molecule has 92 valence electrons. The van der Waals surface area contributed by atoms with Crippen LogP contribution in [-0.2, 0) is 0 Å². The molecule has 0 radical (unpaired) electrons. The minimum Gasteiger partial charge on any atom is -0.459 e. The van der Waals surface area contributed by atoms with Gasteiger partial charge in [0.2, 0.25) is 0 Å². The standard InChI is InChI=1S/C16H16OS/c1-10(2)14-16(18-3)13-9-8-11-6-4-5-7-12(11)15(13)17-14/h4-10H,1-3H3. The summed E-state index contributed by atoms with van der Waals surface area (Å²) in [6.07, 6.45) is 2.12. The summed E-state index contributed by atoms with van der Waals surface area (Å²) in [5.74, 6) is 1.52. The van der Waals surface area contributed by atoms with Crippen molar-refractivity contribution in [2.45, 2.75) is 24.7 Å². The fourth-order valence-corrected chi connectivity index (χ4v) is 3.27. The van der Waals surface area contributed by atoms with Gasteiger partial charge in [-0.1, -0.05) is 44.2 Å². The molecule has 18 heavy (non-hydrogen) atoms. The largest absolute Gasteiger partial charge is 0.459 e. The lowest BCUT2D eigenvalue weighted by atomic mass is 10.1. The zero-order chi connectivity index (χ0) is 12.7. The van der Waals surface area contributed by atoms with Gasteiger partial charge in [-0.05, 0) is 17.7 Å².